The van der Waals surface area contributed by atoms with Gasteiger partial charge in [0.15, 0.2) is 11.5 Å². The summed E-state index contributed by atoms with van der Waals surface area (Å²) < 4.78 is 33.4. The number of carbonyl (C=O) groups is 1. The molecule has 0 aliphatic heterocycles. The Morgan fingerprint density at radius 3 is 2.71 bits per heavy atom. The second kappa shape index (κ2) is 5.80. The number of aryl methyl sites for hydroxylation is 1. The van der Waals surface area contributed by atoms with Crippen molar-refractivity contribution >= 4 is 27.7 Å². The predicted molar refractivity (Wildman–Crippen MR) is 76.3 cm³/mol. The van der Waals surface area contributed by atoms with Crippen LogP contribution < -0.4 is 5.73 Å². The maximum absolute atomic E-state index is 14.0. The van der Waals surface area contributed by atoms with E-state index in [2.05, 4.69) is 20.9 Å². The molecule has 0 aliphatic carbocycles. The van der Waals surface area contributed by atoms with Crippen LogP contribution in [0.3, 0.4) is 0 Å². The number of rotatable bonds is 3. The zero-order chi connectivity index (χ0) is 15.7. The fraction of sp³-hybridized carbons (Fsp3) is 0.231. The van der Waals surface area contributed by atoms with E-state index in [1.165, 1.54) is 4.57 Å². The third-order valence-corrected chi connectivity index (χ3v) is 3.36. The zero-order valence-electron chi connectivity index (χ0n) is 11.3. The molecule has 2 N–H and O–H groups in total. The third-order valence-electron chi connectivity index (χ3n) is 2.75. The molecule has 2 rings (SSSR count). The molecule has 21 heavy (non-hydrogen) atoms. The van der Waals surface area contributed by atoms with Gasteiger partial charge in [0.2, 0.25) is 0 Å². The van der Waals surface area contributed by atoms with Crippen LogP contribution in [0.15, 0.2) is 16.6 Å². The van der Waals surface area contributed by atoms with Gasteiger partial charge < -0.3 is 10.5 Å². The average Bonchev–Trinajstić information content (AvgIpc) is 2.66. The first kappa shape index (κ1) is 15.4. The summed E-state index contributed by atoms with van der Waals surface area (Å²) >= 11 is 3.08. The van der Waals surface area contributed by atoms with Gasteiger partial charge in [-0.05, 0) is 35.8 Å². The number of anilines is 1. The Balaban J connectivity index is 2.64. The molecule has 0 radical (unpaired) electrons. The van der Waals surface area contributed by atoms with Crippen molar-refractivity contribution in [3.63, 3.8) is 0 Å². The lowest BCUT2D eigenvalue weighted by Crippen LogP contribution is -2.10. The Labute approximate surface area is 127 Å². The number of hydrogen-bond donors (Lipinski definition) is 1. The Kier molecular flexibility index (Phi) is 4.26. The van der Waals surface area contributed by atoms with Gasteiger partial charge in [-0.25, -0.2) is 18.6 Å². The predicted octanol–water partition coefficient (Wildman–Crippen LogP) is 2.98. The topological polar surface area (TPSA) is 70.1 Å². The Morgan fingerprint density at radius 2 is 2.14 bits per heavy atom. The second-order valence-electron chi connectivity index (χ2n) is 4.17. The molecule has 1 aromatic heterocycles. The van der Waals surface area contributed by atoms with Crippen LogP contribution >= 0.6 is 15.9 Å². The number of hydrogen-bond acceptors (Lipinski definition) is 4. The minimum Gasteiger partial charge on any atom is -0.461 e. The summed E-state index contributed by atoms with van der Waals surface area (Å²) in [7, 11) is 0. The number of carbonyl (C=O) groups excluding carboxylic acids is 1. The van der Waals surface area contributed by atoms with Crippen molar-refractivity contribution in [3.8, 4) is 5.69 Å². The average molecular weight is 360 g/mol. The first-order valence-corrected chi connectivity index (χ1v) is 6.83. The van der Waals surface area contributed by atoms with Gasteiger partial charge in [0.1, 0.15) is 17.5 Å². The highest BCUT2D eigenvalue weighted by Gasteiger charge is 2.23. The number of ether oxygens (including phenoxy) is 1. The number of nitrogens with two attached hydrogens (primary N) is 1. The van der Waals surface area contributed by atoms with Crippen LogP contribution in [0.25, 0.3) is 5.69 Å². The lowest BCUT2D eigenvalue weighted by atomic mass is 10.3. The number of aromatic nitrogens is 2. The largest absolute Gasteiger partial charge is 0.461 e. The van der Waals surface area contributed by atoms with Crippen molar-refractivity contribution in [2.75, 3.05) is 12.3 Å². The molecule has 0 spiro atoms. The number of esters is 1. The molecule has 5 nitrogen and oxygen atoms in total. The van der Waals surface area contributed by atoms with E-state index in [0.717, 1.165) is 12.1 Å². The number of nitrogens with zero attached hydrogens (tertiary/aromatic N) is 2. The maximum atomic E-state index is 14.0. The van der Waals surface area contributed by atoms with Gasteiger partial charge in [-0.15, -0.1) is 0 Å². The molecular weight excluding hydrogens is 348 g/mol. The first-order chi connectivity index (χ1) is 9.86. The van der Waals surface area contributed by atoms with Crippen LogP contribution in [0.5, 0.6) is 0 Å². The summed E-state index contributed by atoms with van der Waals surface area (Å²) in [6.07, 6.45) is 0. The quantitative estimate of drug-likeness (QED) is 0.855. The van der Waals surface area contributed by atoms with Crippen LogP contribution in [-0.4, -0.2) is 22.1 Å². The van der Waals surface area contributed by atoms with Crippen molar-refractivity contribution in [1.82, 2.24) is 9.55 Å². The molecule has 1 aromatic carbocycles. The molecule has 112 valence electrons. The fourth-order valence-corrected chi connectivity index (χ4v) is 2.51. The number of halogens is 3. The molecule has 0 aliphatic rings. The lowest BCUT2D eigenvalue weighted by Gasteiger charge is -2.11. The molecular formula is C13H12BrF2N3O2. The van der Waals surface area contributed by atoms with E-state index in [4.69, 9.17) is 10.5 Å². The molecule has 0 saturated carbocycles. The van der Waals surface area contributed by atoms with E-state index in [1.54, 1.807) is 13.8 Å². The van der Waals surface area contributed by atoms with E-state index < -0.39 is 17.6 Å². The Bertz CT molecular complexity index is 693. The first-order valence-electron chi connectivity index (χ1n) is 6.03. The van der Waals surface area contributed by atoms with Gasteiger partial charge in [-0.2, -0.15) is 0 Å². The highest BCUT2D eigenvalue weighted by Crippen LogP contribution is 2.30. The van der Waals surface area contributed by atoms with E-state index >= 15 is 0 Å². The van der Waals surface area contributed by atoms with Gasteiger partial charge >= 0.3 is 5.97 Å². The van der Waals surface area contributed by atoms with Crippen LogP contribution in [0.1, 0.15) is 23.2 Å². The smallest absolute Gasteiger partial charge is 0.360 e. The molecule has 0 unspecified atom stereocenters. The lowest BCUT2D eigenvalue weighted by molar-refractivity contribution is 0.0521. The summed E-state index contributed by atoms with van der Waals surface area (Å²) in [5, 5.41) is 0. The number of nitrogen functional groups attached to an aromatic ring is 1. The van der Waals surface area contributed by atoms with E-state index in [-0.39, 0.29) is 34.1 Å². The number of benzene rings is 1. The zero-order valence-corrected chi connectivity index (χ0v) is 12.9. The van der Waals surface area contributed by atoms with E-state index in [9.17, 15) is 13.6 Å². The summed E-state index contributed by atoms with van der Waals surface area (Å²) in [4.78, 5) is 15.7. The normalized spacial score (nSPS) is 10.7. The SMILES string of the molecule is CCOC(=O)c1nc(C)n(-c2c(F)cc(F)cc2Br)c1N. The van der Waals surface area contributed by atoms with Gasteiger partial charge in [-0.3, -0.25) is 4.57 Å². The van der Waals surface area contributed by atoms with Crippen LogP contribution in [0, 0.1) is 18.6 Å². The molecule has 0 saturated heterocycles. The van der Waals surface area contributed by atoms with Crippen molar-refractivity contribution in [1.29, 1.82) is 0 Å². The Hall–Kier alpha value is -1.96. The fourth-order valence-electron chi connectivity index (χ4n) is 1.93. The highest BCUT2D eigenvalue weighted by atomic mass is 79.9. The second-order valence-corrected chi connectivity index (χ2v) is 5.02. The molecule has 8 heteroatoms. The van der Waals surface area contributed by atoms with Crippen molar-refractivity contribution in [3.05, 3.63) is 39.8 Å². The van der Waals surface area contributed by atoms with Crippen LogP contribution in [0.2, 0.25) is 0 Å². The minimum absolute atomic E-state index is 0.0190. The van der Waals surface area contributed by atoms with Gasteiger partial charge in [0.05, 0.1) is 12.3 Å². The van der Waals surface area contributed by atoms with Gasteiger partial charge in [-0.1, -0.05) is 0 Å². The highest BCUT2D eigenvalue weighted by molar-refractivity contribution is 9.10. The summed E-state index contributed by atoms with van der Waals surface area (Å²) in [6.45, 7) is 3.36. The molecule has 0 fully saturated rings. The van der Waals surface area contributed by atoms with Crippen LogP contribution in [0.4, 0.5) is 14.6 Å². The standard InChI is InChI=1S/C13H12BrF2N3O2/c1-3-21-13(20)10-12(17)19(6(2)18-10)11-8(14)4-7(15)5-9(11)16/h4-5H,3,17H2,1-2H3. The molecule has 1 heterocycles. The number of imidazole rings is 1. The summed E-state index contributed by atoms with van der Waals surface area (Å²) in [5.41, 5.74) is 5.74. The molecule has 0 bridgehead atoms. The third kappa shape index (κ3) is 2.76. The molecule has 2 aromatic rings. The van der Waals surface area contributed by atoms with E-state index in [0.29, 0.717) is 0 Å². The van der Waals surface area contributed by atoms with Crippen molar-refractivity contribution in [2.24, 2.45) is 0 Å². The van der Waals surface area contributed by atoms with E-state index in [1.807, 2.05) is 0 Å². The van der Waals surface area contributed by atoms with Gasteiger partial charge in [0.25, 0.3) is 0 Å². The summed E-state index contributed by atoms with van der Waals surface area (Å²) in [6, 6.07) is 1.82. The Morgan fingerprint density at radius 1 is 1.48 bits per heavy atom. The molecule has 0 amide bonds. The summed E-state index contributed by atoms with van der Waals surface area (Å²) in [5.74, 6) is -2.05. The van der Waals surface area contributed by atoms with Gasteiger partial charge in [0, 0.05) is 10.5 Å². The monoisotopic (exact) mass is 359 g/mol. The van der Waals surface area contributed by atoms with Crippen LogP contribution in [-0.2, 0) is 4.74 Å². The minimum atomic E-state index is -0.829. The molecule has 0 atom stereocenters. The van der Waals surface area contributed by atoms with Crippen molar-refractivity contribution < 1.29 is 18.3 Å². The maximum Gasteiger partial charge on any atom is 0.360 e. The van der Waals surface area contributed by atoms with Crippen molar-refractivity contribution in [2.45, 2.75) is 13.8 Å².